The Hall–Kier alpha value is -3.43. The number of ether oxygens (including phenoxy) is 2. The highest BCUT2D eigenvalue weighted by Crippen LogP contribution is 2.36. The molecule has 178 valence electrons. The van der Waals surface area contributed by atoms with Crippen molar-refractivity contribution in [3.05, 3.63) is 54.1 Å². The van der Waals surface area contributed by atoms with Gasteiger partial charge in [-0.1, -0.05) is 6.08 Å². The minimum absolute atomic E-state index is 0.0549. The molecule has 8 nitrogen and oxygen atoms in total. The zero-order valence-corrected chi connectivity index (χ0v) is 19.1. The maximum atomic E-state index is 14.0. The average Bonchev–Trinajstić information content (AvgIpc) is 3.27. The molecular weight excluding hydrogens is 437 g/mol. The van der Waals surface area contributed by atoms with E-state index in [-0.39, 0.29) is 11.8 Å². The van der Waals surface area contributed by atoms with E-state index in [1.165, 1.54) is 12.1 Å². The summed E-state index contributed by atoms with van der Waals surface area (Å²) in [6, 6.07) is 8.76. The molecule has 0 aliphatic carbocycles. The number of H-pyrrole nitrogens is 1. The molecule has 9 heteroatoms. The molecular formula is C25H28FN5O3. The van der Waals surface area contributed by atoms with E-state index >= 15 is 0 Å². The van der Waals surface area contributed by atoms with Gasteiger partial charge in [0.2, 0.25) is 0 Å². The van der Waals surface area contributed by atoms with Crippen LogP contribution in [-0.2, 0) is 4.74 Å². The van der Waals surface area contributed by atoms with E-state index in [4.69, 9.17) is 9.47 Å². The molecule has 4 heterocycles. The molecule has 0 atom stereocenters. The van der Waals surface area contributed by atoms with Crippen molar-refractivity contribution in [2.45, 2.75) is 12.5 Å². The lowest BCUT2D eigenvalue weighted by Gasteiger charge is -2.28. The maximum absolute atomic E-state index is 14.0. The molecule has 2 aromatic heterocycles. The van der Waals surface area contributed by atoms with Crippen molar-refractivity contribution in [1.29, 1.82) is 0 Å². The van der Waals surface area contributed by atoms with Crippen molar-refractivity contribution in [1.82, 2.24) is 25.5 Å². The number of pyridine rings is 1. The summed E-state index contributed by atoms with van der Waals surface area (Å²) in [5.74, 6) is 0.282. The molecule has 0 radical (unpaired) electrons. The first kappa shape index (κ1) is 22.4. The fourth-order valence-electron chi connectivity index (χ4n) is 4.33. The molecule has 1 aromatic carbocycles. The molecule has 5 rings (SSSR count). The Morgan fingerprint density at radius 1 is 1.26 bits per heavy atom. The van der Waals surface area contributed by atoms with Gasteiger partial charge in [-0.3, -0.25) is 0 Å². The molecule has 2 aliphatic heterocycles. The third-order valence-corrected chi connectivity index (χ3v) is 6.30. The highest BCUT2D eigenvalue weighted by atomic mass is 19.1. The van der Waals surface area contributed by atoms with E-state index in [0.29, 0.717) is 37.0 Å². The molecule has 0 bridgehead atoms. The van der Waals surface area contributed by atoms with Crippen molar-refractivity contribution in [3.8, 4) is 16.9 Å². The topological polar surface area (TPSA) is 91.5 Å². The van der Waals surface area contributed by atoms with Crippen molar-refractivity contribution < 1.29 is 18.7 Å². The Morgan fingerprint density at radius 2 is 2.15 bits per heavy atom. The molecule has 2 aliphatic rings. The number of halogens is 1. The predicted molar refractivity (Wildman–Crippen MR) is 128 cm³/mol. The molecule has 2 amide bonds. The first-order valence-electron chi connectivity index (χ1n) is 11.5. The van der Waals surface area contributed by atoms with Crippen molar-refractivity contribution >= 4 is 22.6 Å². The molecule has 0 saturated carbocycles. The monoisotopic (exact) mass is 465 g/mol. The van der Waals surface area contributed by atoms with E-state index in [9.17, 15) is 9.18 Å². The van der Waals surface area contributed by atoms with E-state index in [0.717, 1.165) is 54.0 Å². The average molecular weight is 466 g/mol. The third kappa shape index (κ3) is 4.62. The molecule has 0 unspecified atom stereocenters. The number of hydrogen-bond acceptors (Lipinski definition) is 5. The number of aromatic nitrogens is 2. The standard InChI is InChI=1S/C25H28FN5O3/c1-33-23-3-2-17(26)12-20(23)19-4-7-28-24-21(19)13-22(30-24)16-5-10-31(11-6-16)25(32)29-9-8-27-18-14-34-15-18/h2-5,7,12-13,18,27H,6,8-11,14-15H2,1H3,(H,28,30)(H,29,32). The smallest absolute Gasteiger partial charge is 0.317 e. The Kier molecular flexibility index (Phi) is 6.46. The molecule has 1 saturated heterocycles. The van der Waals surface area contributed by atoms with Crippen LogP contribution in [0.4, 0.5) is 9.18 Å². The Labute approximate surface area is 197 Å². The van der Waals surface area contributed by atoms with Crippen LogP contribution in [-0.4, -0.2) is 73.4 Å². The number of amides is 2. The fourth-order valence-corrected chi connectivity index (χ4v) is 4.33. The lowest BCUT2D eigenvalue weighted by molar-refractivity contribution is -0.00460. The largest absolute Gasteiger partial charge is 0.496 e. The van der Waals surface area contributed by atoms with Crippen LogP contribution in [0.2, 0.25) is 0 Å². The number of methoxy groups -OCH3 is 1. The summed E-state index contributed by atoms with van der Waals surface area (Å²) >= 11 is 0. The molecule has 3 N–H and O–H groups in total. The normalized spacial score (nSPS) is 16.3. The Morgan fingerprint density at radius 3 is 2.88 bits per heavy atom. The van der Waals surface area contributed by atoms with Crippen LogP contribution in [0.25, 0.3) is 27.7 Å². The van der Waals surface area contributed by atoms with Crippen LogP contribution in [0.5, 0.6) is 5.75 Å². The van der Waals surface area contributed by atoms with Crippen molar-refractivity contribution in [2.24, 2.45) is 0 Å². The Balaban J connectivity index is 1.28. The number of benzene rings is 1. The summed E-state index contributed by atoms with van der Waals surface area (Å²) in [7, 11) is 1.58. The number of fused-ring (bicyclic) bond motifs is 1. The van der Waals surface area contributed by atoms with E-state index in [2.05, 4.69) is 26.7 Å². The summed E-state index contributed by atoms with van der Waals surface area (Å²) in [4.78, 5) is 22.1. The molecule has 0 spiro atoms. The van der Waals surface area contributed by atoms with Gasteiger partial charge in [-0.15, -0.1) is 0 Å². The van der Waals surface area contributed by atoms with Crippen molar-refractivity contribution in [2.75, 3.05) is 46.5 Å². The number of rotatable bonds is 7. The maximum Gasteiger partial charge on any atom is 0.317 e. The van der Waals surface area contributed by atoms with Crippen LogP contribution >= 0.6 is 0 Å². The number of nitrogens with zero attached hydrogens (tertiary/aromatic N) is 2. The van der Waals surface area contributed by atoms with Gasteiger partial charge < -0.3 is 30.0 Å². The van der Waals surface area contributed by atoms with Crippen LogP contribution in [0, 0.1) is 5.82 Å². The highest BCUT2D eigenvalue weighted by Gasteiger charge is 2.21. The number of carbonyl (C=O) groups excluding carboxylic acids is 1. The zero-order valence-electron chi connectivity index (χ0n) is 19.1. The van der Waals surface area contributed by atoms with Crippen LogP contribution < -0.4 is 15.4 Å². The second kappa shape index (κ2) is 9.82. The molecule has 1 fully saturated rings. The first-order chi connectivity index (χ1) is 16.6. The van der Waals surface area contributed by atoms with Crippen LogP contribution in [0.3, 0.4) is 0 Å². The van der Waals surface area contributed by atoms with E-state index < -0.39 is 0 Å². The molecule has 3 aromatic rings. The number of nitrogens with one attached hydrogen (secondary N) is 3. The number of hydrogen-bond donors (Lipinski definition) is 3. The van der Waals surface area contributed by atoms with Crippen LogP contribution in [0.1, 0.15) is 12.1 Å². The lowest BCUT2D eigenvalue weighted by atomic mass is 10.0. The quantitative estimate of drug-likeness (QED) is 0.467. The molecule has 34 heavy (non-hydrogen) atoms. The lowest BCUT2D eigenvalue weighted by Crippen LogP contribution is -2.49. The van der Waals surface area contributed by atoms with Gasteiger partial charge in [0, 0.05) is 49.0 Å². The van der Waals surface area contributed by atoms with Gasteiger partial charge in [0.15, 0.2) is 0 Å². The summed E-state index contributed by atoms with van der Waals surface area (Å²) < 4.78 is 24.6. The van der Waals surface area contributed by atoms with Gasteiger partial charge in [-0.2, -0.15) is 0 Å². The second-order valence-electron chi connectivity index (χ2n) is 8.49. The minimum Gasteiger partial charge on any atom is -0.496 e. The fraction of sp³-hybridized carbons (Fsp3) is 0.360. The summed E-state index contributed by atoms with van der Waals surface area (Å²) in [5.41, 5.74) is 4.34. The second-order valence-corrected chi connectivity index (χ2v) is 8.49. The van der Waals surface area contributed by atoms with E-state index in [1.54, 1.807) is 24.3 Å². The van der Waals surface area contributed by atoms with E-state index in [1.807, 2.05) is 12.1 Å². The third-order valence-electron chi connectivity index (χ3n) is 6.30. The first-order valence-corrected chi connectivity index (χ1v) is 11.5. The van der Waals surface area contributed by atoms with Gasteiger partial charge in [0.1, 0.15) is 17.2 Å². The number of aromatic amines is 1. The SMILES string of the molecule is COc1ccc(F)cc1-c1ccnc2[nH]c(C3=CCN(C(=O)NCCNC4COC4)CC3)cc12. The summed E-state index contributed by atoms with van der Waals surface area (Å²) in [5, 5.41) is 7.20. The van der Waals surface area contributed by atoms with Gasteiger partial charge in [0.25, 0.3) is 0 Å². The number of urea groups is 1. The zero-order chi connectivity index (χ0) is 23.5. The van der Waals surface area contributed by atoms with Gasteiger partial charge in [-0.05, 0) is 47.9 Å². The van der Waals surface area contributed by atoms with Crippen molar-refractivity contribution in [3.63, 3.8) is 0 Å². The summed E-state index contributed by atoms with van der Waals surface area (Å²) in [6.45, 7) is 3.98. The van der Waals surface area contributed by atoms with Gasteiger partial charge in [-0.25, -0.2) is 14.2 Å². The predicted octanol–water partition coefficient (Wildman–Crippen LogP) is 3.16. The van der Waals surface area contributed by atoms with Gasteiger partial charge in [0.05, 0.1) is 26.4 Å². The summed E-state index contributed by atoms with van der Waals surface area (Å²) in [6.07, 6.45) is 4.51. The Bertz CT molecular complexity index is 1220. The van der Waals surface area contributed by atoms with Crippen LogP contribution in [0.15, 0.2) is 42.6 Å². The number of carbonyl (C=O) groups is 1. The highest BCUT2D eigenvalue weighted by molar-refractivity contribution is 5.96. The minimum atomic E-state index is -0.322. The van der Waals surface area contributed by atoms with Gasteiger partial charge >= 0.3 is 6.03 Å².